The molecule has 3 aromatic rings. The van der Waals surface area contributed by atoms with Gasteiger partial charge in [-0.15, -0.1) is 0 Å². The topological polar surface area (TPSA) is 90.0 Å². The van der Waals surface area contributed by atoms with Crippen LogP contribution in [0.4, 0.5) is 10.1 Å². The number of carbonyl (C=O) groups excluding carboxylic acids is 2. The van der Waals surface area contributed by atoms with Gasteiger partial charge in [0.1, 0.15) is 18.4 Å². The molecule has 0 aliphatic carbocycles. The van der Waals surface area contributed by atoms with Crippen molar-refractivity contribution >= 4 is 39.3 Å². The van der Waals surface area contributed by atoms with Crippen LogP contribution >= 0.6 is 11.6 Å². The second-order valence-corrected chi connectivity index (χ2v) is 12.2. The SMILES string of the molecule is CCCCNC(=O)[C@H](Cc1ccccc1)N(Cc1ccccc1Cl)C(=O)CN(c1ccccc1F)S(=O)(=O)N(C)C. The fourth-order valence-electron chi connectivity index (χ4n) is 4.23. The molecule has 0 aromatic heterocycles. The number of para-hydroxylation sites is 1. The molecule has 11 heteroatoms. The number of carbonyl (C=O) groups is 2. The molecule has 0 saturated heterocycles. The first-order valence-electron chi connectivity index (χ1n) is 13.4. The number of rotatable bonds is 14. The van der Waals surface area contributed by atoms with E-state index in [0.717, 1.165) is 33.1 Å². The number of hydrogen-bond acceptors (Lipinski definition) is 4. The van der Waals surface area contributed by atoms with Gasteiger partial charge in [-0.25, -0.2) is 8.70 Å². The monoisotopic (exact) mass is 602 g/mol. The van der Waals surface area contributed by atoms with Gasteiger partial charge in [-0.05, 0) is 35.7 Å². The molecule has 2 amide bonds. The molecule has 0 unspecified atom stereocenters. The second kappa shape index (κ2) is 15.0. The average Bonchev–Trinajstić information content (AvgIpc) is 2.95. The van der Waals surface area contributed by atoms with Crippen LogP contribution in [0.5, 0.6) is 0 Å². The van der Waals surface area contributed by atoms with Crippen molar-refractivity contribution in [3.8, 4) is 0 Å². The number of amides is 2. The fourth-order valence-corrected chi connectivity index (χ4v) is 5.49. The summed E-state index contributed by atoms with van der Waals surface area (Å²) in [5.74, 6) is -1.87. The van der Waals surface area contributed by atoms with E-state index in [9.17, 15) is 22.4 Å². The standard InChI is InChI=1S/C30H36ClFN4O4S/c1-4-5-19-33-30(38)28(20-23-13-7-6-8-14-23)35(21-24-15-9-10-16-25(24)31)29(37)22-36(41(39,40)34(2)3)27-18-12-11-17-26(27)32/h6-18,28H,4-5,19-22H2,1-3H3,(H,33,38)/t28-/m0/s1. The van der Waals surface area contributed by atoms with E-state index in [1.165, 1.54) is 37.2 Å². The summed E-state index contributed by atoms with van der Waals surface area (Å²) in [5.41, 5.74) is 1.11. The predicted octanol–water partition coefficient (Wildman–Crippen LogP) is 4.65. The number of nitrogens with one attached hydrogen (secondary N) is 1. The van der Waals surface area contributed by atoms with Gasteiger partial charge in [0.2, 0.25) is 11.8 Å². The van der Waals surface area contributed by atoms with Crippen molar-refractivity contribution in [3.63, 3.8) is 0 Å². The minimum atomic E-state index is -4.29. The van der Waals surface area contributed by atoms with Crippen LogP contribution in [0.15, 0.2) is 78.9 Å². The summed E-state index contributed by atoms with van der Waals surface area (Å²) in [6.45, 7) is 1.62. The van der Waals surface area contributed by atoms with Gasteiger partial charge < -0.3 is 10.2 Å². The lowest BCUT2D eigenvalue weighted by molar-refractivity contribution is -0.140. The molecule has 0 aliphatic rings. The lowest BCUT2D eigenvalue weighted by atomic mass is 10.0. The van der Waals surface area contributed by atoms with E-state index in [0.29, 0.717) is 17.1 Å². The Morgan fingerprint density at radius 1 is 0.951 bits per heavy atom. The van der Waals surface area contributed by atoms with Crippen molar-refractivity contribution in [2.24, 2.45) is 0 Å². The van der Waals surface area contributed by atoms with Gasteiger partial charge in [0, 0.05) is 38.6 Å². The number of halogens is 2. The maximum absolute atomic E-state index is 14.9. The zero-order valence-corrected chi connectivity index (χ0v) is 25.0. The van der Waals surface area contributed by atoms with Gasteiger partial charge in [0.05, 0.1) is 5.69 Å². The van der Waals surface area contributed by atoms with Gasteiger partial charge in [-0.2, -0.15) is 12.7 Å². The van der Waals surface area contributed by atoms with Crippen LogP contribution < -0.4 is 9.62 Å². The summed E-state index contributed by atoms with van der Waals surface area (Å²) in [7, 11) is -1.69. The normalized spacial score (nSPS) is 12.1. The Balaban J connectivity index is 2.09. The van der Waals surface area contributed by atoms with Crippen molar-refractivity contribution in [1.29, 1.82) is 0 Å². The quantitative estimate of drug-likeness (QED) is 0.272. The molecule has 8 nitrogen and oxygen atoms in total. The highest BCUT2D eigenvalue weighted by atomic mass is 35.5. The van der Waals surface area contributed by atoms with E-state index in [1.807, 2.05) is 37.3 Å². The fraction of sp³-hybridized carbons (Fsp3) is 0.333. The van der Waals surface area contributed by atoms with E-state index < -0.39 is 34.5 Å². The highest BCUT2D eigenvalue weighted by Crippen LogP contribution is 2.25. The van der Waals surface area contributed by atoms with Crippen LogP contribution in [0.1, 0.15) is 30.9 Å². The molecule has 0 bridgehead atoms. The second-order valence-electron chi connectivity index (χ2n) is 9.71. The third-order valence-corrected chi connectivity index (χ3v) is 8.71. The van der Waals surface area contributed by atoms with Crippen molar-refractivity contribution in [1.82, 2.24) is 14.5 Å². The summed E-state index contributed by atoms with van der Waals surface area (Å²) in [4.78, 5) is 29.1. The van der Waals surface area contributed by atoms with E-state index in [1.54, 1.807) is 24.3 Å². The van der Waals surface area contributed by atoms with Crippen LogP contribution in [-0.2, 0) is 32.8 Å². The molecule has 1 N–H and O–H groups in total. The molecule has 0 heterocycles. The molecule has 41 heavy (non-hydrogen) atoms. The summed E-state index contributed by atoms with van der Waals surface area (Å²) in [6.07, 6.45) is 1.80. The lowest BCUT2D eigenvalue weighted by Gasteiger charge is -2.34. The molecule has 0 aliphatic heterocycles. The highest BCUT2D eigenvalue weighted by Gasteiger charge is 2.35. The number of nitrogens with zero attached hydrogens (tertiary/aromatic N) is 3. The summed E-state index contributed by atoms with van der Waals surface area (Å²) in [5, 5.41) is 3.31. The zero-order valence-electron chi connectivity index (χ0n) is 23.5. The van der Waals surface area contributed by atoms with E-state index >= 15 is 0 Å². The van der Waals surface area contributed by atoms with Gasteiger partial charge in [0.15, 0.2) is 0 Å². The molecular weight excluding hydrogens is 567 g/mol. The number of anilines is 1. The first-order chi connectivity index (χ1) is 19.6. The van der Waals surface area contributed by atoms with Crippen molar-refractivity contribution < 1.29 is 22.4 Å². The Morgan fingerprint density at radius 3 is 2.22 bits per heavy atom. The third-order valence-electron chi connectivity index (χ3n) is 6.54. The number of hydrogen-bond donors (Lipinski definition) is 1. The molecular formula is C30H36ClFN4O4S. The Morgan fingerprint density at radius 2 is 1.59 bits per heavy atom. The highest BCUT2D eigenvalue weighted by molar-refractivity contribution is 7.90. The molecule has 3 rings (SSSR count). The maximum atomic E-state index is 14.9. The van der Waals surface area contributed by atoms with Crippen molar-refractivity contribution in [2.45, 2.75) is 38.8 Å². The predicted molar refractivity (Wildman–Crippen MR) is 160 cm³/mol. The summed E-state index contributed by atoms with van der Waals surface area (Å²) < 4.78 is 43.2. The van der Waals surface area contributed by atoms with Gasteiger partial charge >= 0.3 is 10.2 Å². The summed E-state index contributed by atoms with van der Waals surface area (Å²) >= 11 is 6.46. The first-order valence-corrected chi connectivity index (χ1v) is 15.1. The largest absolute Gasteiger partial charge is 0.354 e. The third kappa shape index (κ3) is 8.51. The van der Waals surface area contributed by atoms with Crippen LogP contribution in [0.3, 0.4) is 0 Å². The lowest BCUT2D eigenvalue weighted by Crippen LogP contribution is -2.54. The van der Waals surface area contributed by atoms with Crippen LogP contribution in [0.2, 0.25) is 5.02 Å². The molecule has 0 fully saturated rings. The van der Waals surface area contributed by atoms with Crippen molar-refractivity contribution in [2.75, 3.05) is 31.5 Å². The van der Waals surface area contributed by atoms with Crippen LogP contribution in [0, 0.1) is 5.82 Å². The number of unbranched alkanes of at least 4 members (excludes halogenated alkanes) is 1. The average molecular weight is 603 g/mol. The summed E-state index contributed by atoms with van der Waals surface area (Å²) in [6, 6.07) is 20.5. The molecule has 0 radical (unpaired) electrons. The molecule has 0 saturated carbocycles. The van der Waals surface area contributed by atoms with Crippen LogP contribution in [0.25, 0.3) is 0 Å². The Hall–Kier alpha value is -3.47. The molecule has 1 atom stereocenters. The van der Waals surface area contributed by atoms with E-state index in [4.69, 9.17) is 11.6 Å². The zero-order chi connectivity index (χ0) is 30.0. The minimum Gasteiger partial charge on any atom is -0.354 e. The van der Waals surface area contributed by atoms with Gasteiger partial charge in [-0.1, -0.05) is 85.6 Å². The minimum absolute atomic E-state index is 0.0652. The Labute approximate surface area is 246 Å². The maximum Gasteiger partial charge on any atom is 0.304 e. The first kappa shape index (κ1) is 32.0. The Bertz CT molecular complexity index is 1420. The smallest absolute Gasteiger partial charge is 0.304 e. The van der Waals surface area contributed by atoms with Gasteiger partial charge in [0.25, 0.3) is 0 Å². The van der Waals surface area contributed by atoms with E-state index in [2.05, 4.69) is 5.32 Å². The van der Waals surface area contributed by atoms with E-state index in [-0.39, 0.29) is 24.6 Å². The van der Waals surface area contributed by atoms with Crippen LogP contribution in [-0.4, -0.2) is 62.7 Å². The Kier molecular flexibility index (Phi) is 11.7. The van der Waals surface area contributed by atoms with Gasteiger partial charge in [-0.3, -0.25) is 9.59 Å². The molecule has 0 spiro atoms. The number of benzene rings is 3. The van der Waals surface area contributed by atoms with Crippen molar-refractivity contribution in [3.05, 3.63) is 101 Å². The molecule has 220 valence electrons. The molecule has 3 aromatic carbocycles.